The summed E-state index contributed by atoms with van der Waals surface area (Å²) >= 11 is 0. The van der Waals surface area contributed by atoms with Crippen molar-refractivity contribution in [1.29, 1.82) is 0 Å². The van der Waals surface area contributed by atoms with Crippen LogP contribution in [0.25, 0.3) is 16.9 Å². The van der Waals surface area contributed by atoms with E-state index < -0.39 is 17.7 Å². The highest BCUT2D eigenvalue weighted by atomic mass is 19.2. The van der Waals surface area contributed by atoms with E-state index in [1.807, 2.05) is 0 Å². The molecule has 0 unspecified atom stereocenters. The Hall–Kier alpha value is -3.43. The van der Waals surface area contributed by atoms with Crippen LogP contribution in [0.5, 0.6) is 5.75 Å². The summed E-state index contributed by atoms with van der Waals surface area (Å²) in [6.07, 6.45) is 0.499. The topological polar surface area (TPSA) is 92.0 Å². The Balaban J connectivity index is 1.88. The molecule has 0 spiro atoms. The second kappa shape index (κ2) is 8.29. The average molecular weight is 405 g/mol. The van der Waals surface area contributed by atoms with Gasteiger partial charge < -0.3 is 20.1 Å². The molecule has 3 aromatic rings. The minimum absolute atomic E-state index is 0.147. The highest BCUT2D eigenvalue weighted by Crippen LogP contribution is 2.32. The summed E-state index contributed by atoms with van der Waals surface area (Å²) in [5.74, 6) is -1.39. The van der Waals surface area contributed by atoms with E-state index >= 15 is 0 Å². The maximum absolute atomic E-state index is 13.8. The molecule has 0 aliphatic rings. The fourth-order valence-electron chi connectivity index (χ4n) is 2.93. The molecule has 0 aliphatic heterocycles. The van der Waals surface area contributed by atoms with Crippen LogP contribution in [-0.2, 0) is 0 Å². The zero-order valence-electron chi connectivity index (χ0n) is 16.2. The van der Waals surface area contributed by atoms with Crippen molar-refractivity contribution in [2.24, 2.45) is 0 Å². The smallest absolute Gasteiger partial charge is 0.407 e. The van der Waals surface area contributed by atoms with Crippen molar-refractivity contribution in [1.82, 2.24) is 19.5 Å². The molecule has 0 atom stereocenters. The van der Waals surface area contributed by atoms with Crippen LogP contribution >= 0.6 is 0 Å². The predicted molar refractivity (Wildman–Crippen MR) is 103 cm³/mol. The Morgan fingerprint density at radius 3 is 2.69 bits per heavy atom. The van der Waals surface area contributed by atoms with Crippen LogP contribution < -0.4 is 10.1 Å². The van der Waals surface area contributed by atoms with Crippen molar-refractivity contribution in [2.45, 2.75) is 19.9 Å². The van der Waals surface area contributed by atoms with Crippen LogP contribution in [0.2, 0.25) is 0 Å². The fraction of sp³-hybridized carbons (Fsp3) is 0.316. The van der Waals surface area contributed by atoms with E-state index in [1.165, 1.54) is 22.7 Å². The number of nitrogens with zero attached hydrogens (tertiary/aromatic N) is 4. The van der Waals surface area contributed by atoms with E-state index in [4.69, 9.17) is 4.74 Å². The van der Waals surface area contributed by atoms with Crippen molar-refractivity contribution >= 4 is 17.6 Å². The Morgan fingerprint density at radius 2 is 2.03 bits per heavy atom. The quantitative estimate of drug-likeness (QED) is 0.625. The molecule has 0 bridgehead atoms. The number of hydrogen-bond donors (Lipinski definition) is 2. The van der Waals surface area contributed by atoms with Gasteiger partial charge in [-0.25, -0.2) is 23.1 Å². The van der Waals surface area contributed by atoms with Gasteiger partial charge >= 0.3 is 6.09 Å². The summed E-state index contributed by atoms with van der Waals surface area (Å²) < 4.78 is 34.0. The Kier molecular flexibility index (Phi) is 5.81. The molecule has 2 aromatic heterocycles. The number of imidazole rings is 1. The van der Waals surface area contributed by atoms with E-state index in [1.54, 1.807) is 26.0 Å². The minimum atomic E-state index is -1.01. The van der Waals surface area contributed by atoms with E-state index in [9.17, 15) is 18.7 Å². The molecule has 0 aliphatic carbocycles. The minimum Gasteiger partial charge on any atom is -0.496 e. The number of ether oxygens (including phenoxy) is 1. The number of methoxy groups -OCH3 is 1. The first-order chi connectivity index (χ1) is 13.8. The lowest BCUT2D eigenvalue weighted by Crippen LogP contribution is -2.39. The van der Waals surface area contributed by atoms with Gasteiger partial charge in [0.15, 0.2) is 17.3 Å². The number of rotatable bonds is 7. The van der Waals surface area contributed by atoms with Crippen LogP contribution in [0.15, 0.2) is 30.5 Å². The molecule has 0 fully saturated rings. The number of anilines is 1. The number of fused-ring (bicyclic) bond motifs is 1. The van der Waals surface area contributed by atoms with E-state index in [-0.39, 0.29) is 18.3 Å². The molecular formula is C19H21F2N5O3. The van der Waals surface area contributed by atoms with Gasteiger partial charge in [0.05, 0.1) is 19.0 Å². The molecule has 10 heteroatoms. The monoisotopic (exact) mass is 405 g/mol. The maximum atomic E-state index is 13.8. The van der Waals surface area contributed by atoms with E-state index in [0.717, 1.165) is 12.1 Å². The lowest BCUT2D eigenvalue weighted by atomic mass is 10.1. The number of carbonyl (C=O) groups is 1. The van der Waals surface area contributed by atoms with E-state index in [2.05, 4.69) is 15.4 Å². The molecule has 3 rings (SSSR count). The van der Waals surface area contributed by atoms with Gasteiger partial charge in [-0.15, -0.1) is 5.10 Å². The molecule has 2 heterocycles. The highest BCUT2D eigenvalue weighted by molar-refractivity contribution is 5.70. The zero-order valence-corrected chi connectivity index (χ0v) is 16.2. The van der Waals surface area contributed by atoms with Gasteiger partial charge in [-0.1, -0.05) is 0 Å². The normalized spacial score (nSPS) is 11.1. The first-order valence-corrected chi connectivity index (χ1v) is 8.93. The van der Waals surface area contributed by atoms with Gasteiger partial charge in [0.1, 0.15) is 11.6 Å². The molecular weight excluding hydrogens is 384 g/mol. The standard InChI is InChI=1S/C19H21F2N5O3/c1-11(2)25(19(27)28)7-6-22-17-4-5-18-23-10-15(26(18)24-17)12-8-13(20)14(21)9-16(12)29-3/h4-5,8-11H,6-7H2,1-3H3,(H,22,24)(H,27,28). The molecule has 8 nitrogen and oxygen atoms in total. The third-order valence-corrected chi connectivity index (χ3v) is 4.41. The largest absolute Gasteiger partial charge is 0.496 e. The third kappa shape index (κ3) is 4.20. The predicted octanol–water partition coefficient (Wildman–Crippen LogP) is 3.48. The summed E-state index contributed by atoms with van der Waals surface area (Å²) in [6, 6.07) is 5.27. The molecule has 2 N–H and O–H groups in total. The van der Waals surface area contributed by atoms with Crippen molar-refractivity contribution in [2.75, 3.05) is 25.5 Å². The van der Waals surface area contributed by atoms with Crippen molar-refractivity contribution < 1.29 is 23.4 Å². The zero-order chi connectivity index (χ0) is 21.1. The van der Waals surface area contributed by atoms with Crippen LogP contribution in [-0.4, -0.2) is 56.9 Å². The number of aromatic nitrogens is 3. The second-order valence-electron chi connectivity index (χ2n) is 6.60. The van der Waals surface area contributed by atoms with Gasteiger partial charge in [-0.05, 0) is 32.0 Å². The number of amides is 1. The van der Waals surface area contributed by atoms with Crippen molar-refractivity contribution in [3.8, 4) is 17.0 Å². The Morgan fingerprint density at radius 1 is 1.31 bits per heavy atom. The number of hydrogen-bond acceptors (Lipinski definition) is 5. The second-order valence-corrected chi connectivity index (χ2v) is 6.60. The van der Waals surface area contributed by atoms with Gasteiger partial charge in [0, 0.05) is 30.8 Å². The lowest BCUT2D eigenvalue weighted by Gasteiger charge is -2.23. The first-order valence-electron chi connectivity index (χ1n) is 8.93. The summed E-state index contributed by atoms with van der Waals surface area (Å²) in [7, 11) is 1.36. The van der Waals surface area contributed by atoms with Gasteiger partial charge in [0.25, 0.3) is 0 Å². The van der Waals surface area contributed by atoms with Gasteiger partial charge in [-0.3, -0.25) is 0 Å². The molecule has 1 amide bonds. The third-order valence-electron chi connectivity index (χ3n) is 4.41. The molecule has 0 radical (unpaired) electrons. The number of halogens is 2. The summed E-state index contributed by atoms with van der Waals surface area (Å²) in [4.78, 5) is 16.8. The van der Waals surface area contributed by atoms with Crippen LogP contribution in [0.4, 0.5) is 19.4 Å². The highest BCUT2D eigenvalue weighted by Gasteiger charge is 2.17. The maximum Gasteiger partial charge on any atom is 0.407 e. The number of benzene rings is 1. The molecule has 154 valence electrons. The molecule has 0 saturated carbocycles. The number of nitrogens with one attached hydrogen (secondary N) is 1. The van der Waals surface area contributed by atoms with E-state index in [0.29, 0.717) is 29.3 Å². The van der Waals surface area contributed by atoms with Gasteiger partial charge in [-0.2, -0.15) is 0 Å². The SMILES string of the molecule is COc1cc(F)c(F)cc1-c1cnc2ccc(NCCN(C(=O)O)C(C)C)nn12. The first kappa shape index (κ1) is 20.3. The molecule has 1 aromatic carbocycles. The molecule has 29 heavy (non-hydrogen) atoms. The van der Waals surface area contributed by atoms with Crippen LogP contribution in [0, 0.1) is 11.6 Å². The summed E-state index contributed by atoms with van der Waals surface area (Å²) in [5.41, 5.74) is 1.24. The summed E-state index contributed by atoms with van der Waals surface area (Å²) in [5, 5.41) is 16.7. The van der Waals surface area contributed by atoms with Crippen LogP contribution in [0.3, 0.4) is 0 Å². The fourth-order valence-corrected chi connectivity index (χ4v) is 2.93. The number of carboxylic acid groups (broad SMARTS) is 1. The Labute approximate surface area is 165 Å². The summed E-state index contributed by atoms with van der Waals surface area (Å²) in [6.45, 7) is 4.22. The average Bonchev–Trinajstić information content (AvgIpc) is 3.09. The lowest BCUT2D eigenvalue weighted by molar-refractivity contribution is 0.134. The van der Waals surface area contributed by atoms with Crippen molar-refractivity contribution in [3.05, 3.63) is 42.1 Å². The van der Waals surface area contributed by atoms with Crippen LogP contribution in [0.1, 0.15) is 13.8 Å². The van der Waals surface area contributed by atoms with Gasteiger partial charge in [0.2, 0.25) is 0 Å². The molecule has 0 saturated heterocycles. The van der Waals surface area contributed by atoms with Crippen molar-refractivity contribution in [3.63, 3.8) is 0 Å². The Bertz CT molecular complexity index is 1040.